The first-order valence-corrected chi connectivity index (χ1v) is 10.1. The summed E-state index contributed by atoms with van der Waals surface area (Å²) < 4.78 is 0. The summed E-state index contributed by atoms with van der Waals surface area (Å²) in [5.41, 5.74) is 3.06. The number of rotatable bonds is 5. The fourth-order valence-electron chi connectivity index (χ4n) is 6.88. The quantitative estimate of drug-likeness (QED) is 0.767. The van der Waals surface area contributed by atoms with Crippen molar-refractivity contribution in [2.75, 3.05) is 18.4 Å². The summed E-state index contributed by atoms with van der Waals surface area (Å²) in [4.78, 5) is 8.85. The molecule has 0 saturated heterocycles. The second-order valence-electron chi connectivity index (χ2n) is 9.16. The van der Waals surface area contributed by atoms with E-state index in [0.29, 0.717) is 12.0 Å². The second-order valence-corrected chi connectivity index (χ2v) is 9.16. The third kappa shape index (κ3) is 2.35. The van der Waals surface area contributed by atoms with E-state index in [-0.39, 0.29) is 11.5 Å². The predicted octanol–water partition coefficient (Wildman–Crippen LogP) is 2.50. The van der Waals surface area contributed by atoms with Crippen molar-refractivity contribution in [1.29, 1.82) is 0 Å². The van der Waals surface area contributed by atoms with Gasteiger partial charge >= 0.3 is 0 Å². The summed E-state index contributed by atoms with van der Waals surface area (Å²) in [7, 11) is 0. The smallest absolute Gasteiger partial charge is 0.133 e. The van der Waals surface area contributed by atoms with Crippen LogP contribution in [0.2, 0.25) is 0 Å². The molecule has 3 N–H and O–H groups in total. The van der Waals surface area contributed by atoms with Gasteiger partial charge in [-0.3, -0.25) is 0 Å². The van der Waals surface area contributed by atoms with E-state index in [2.05, 4.69) is 27.5 Å². The molecule has 1 aromatic rings. The first-order valence-electron chi connectivity index (χ1n) is 10.1. The predicted molar refractivity (Wildman–Crippen MR) is 97.2 cm³/mol. The van der Waals surface area contributed by atoms with Crippen molar-refractivity contribution >= 4 is 5.82 Å². The fourth-order valence-corrected chi connectivity index (χ4v) is 6.88. The van der Waals surface area contributed by atoms with Crippen molar-refractivity contribution in [2.45, 2.75) is 64.5 Å². The lowest BCUT2D eigenvalue weighted by molar-refractivity contribution is -0.0889. The molecule has 3 atom stereocenters. The first-order chi connectivity index (χ1) is 12.1. The molecule has 2 heterocycles. The monoisotopic (exact) mass is 342 g/mol. The summed E-state index contributed by atoms with van der Waals surface area (Å²) >= 11 is 0. The minimum absolute atomic E-state index is 0.156. The van der Waals surface area contributed by atoms with Crippen LogP contribution in [0, 0.1) is 22.7 Å². The number of nitrogens with one attached hydrogen (secondary N) is 2. The lowest BCUT2D eigenvalue weighted by Gasteiger charge is -2.56. The zero-order valence-corrected chi connectivity index (χ0v) is 15.2. The second kappa shape index (κ2) is 5.65. The molecule has 1 spiro atoms. The Morgan fingerprint density at radius 2 is 2.20 bits per heavy atom. The molecule has 5 heteroatoms. The van der Waals surface area contributed by atoms with Crippen molar-refractivity contribution in [3.05, 3.63) is 17.6 Å². The highest BCUT2D eigenvalue weighted by atomic mass is 16.3. The van der Waals surface area contributed by atoms with Crippen LogP contribution in [-0.2, 0) is 13.0 Å². The van der Waals surface area contributed by atoms with Gasteiger partial charge in [0, 0.05) is 18.7 Å². The van der Waals surface area contributed by atoms with Crippen molar-refractivity contribution in [3.8, 4) is 0 Å². The SMILES string of the molecule is CCC1CC2(C(O)CNc3ncnc4c3CCNC4)CC3CC1(C3)C2. The van der Waals surface area contributed by atoms with Gasteiger partial charge in [0.2, 0.25) is 0 Å². The minimum atomic E-state index is -0.265. The molecule has 4 aliphatic carbocycles. The topological polar surface area (TPSA) is 70.1 Å². The molecule has 6 rings (SSSR count). The molecule has 1 aliphatic heterocycles. The number of fused-ring (bicyclic) bond motifs is 1. The summed E-state index contributed by atoms with van der Waals surface area (Å²) in [5, 5.41) is 18.0. The van der Waals surface area contributed by atoms with E-state index in [1.54, 1.807) is 6.33 Å². The number of aliphatic hydroxyl groups excluding tert-OH is 1. The maximum atomic E-state index is 11.1. The van der Waals surface area contributed by atoms with Crippen LogP contribution in [0.15, 0.2) is 6.33 Å². The van der Waals surface area contributed by atoms with Crippen LogP contribution in [-0.4, -0.2) is 34.3 Å². The van der Waals surface area contributed by atoms with Crippen molar-refractivity contribution in [1.82, 2.24) is 15.3 Å². The molecule has 5 aliphatic rings. The normalized spacial score (nSPS) is 39.4. The Bertz CT molecular complexity index is 672. The van der Waals surface area contributed by atoms with Gasteiger partial charge in [-0.05, 0) is 67.7 Å². The third-order valence-electron chi connectivity index (χ3n) is 7.85. The third-order valence-corrected chi connectivity index (χ3v) is 7.85. The van der Waals surface area contributed by atoms with E-state index in [4.69, 9.17) is 0 Å². The molecule has 0 radical (unpaired) electrons. The maximum Gasteiger partial charge on any atom is 0.133 e. The number of hydrogen-bond donors (Lipinski definition) is 3. The van der Waals surface area contributed by atoms with Gasteiger partial charge in [0.05, 0.1) is 11.8 Å². The van der Waals surface area contributed by atoms with Crippen molar-refractivity contribution in [2.24, 2.45) is 22.7 Å². The molecule has 5 nitrogen and oxygen atoms in total. The molecule has 1 aromatic heterocycles. The van der Waals surface area contributed by atoms with E-state index in [0.717, 1.165) is 42.9 Å². The van der Waals surface area contributed by atoms with Gasteiger partial charge < -0.3 is 15.7 Å². The van der Waals surface area contributed by atoms with Gasteiger partial charge in [-0.1, -0.05) is 13.3 Å². The summed E-state index contributed by atoms with van der Waals surface area (Å²) in [5.74, 6) is 2.64. The molecule has 0 aromatic carbocycles. The number of aromatic nitrogens is 2. The average molecular weight is 342 g/mol. The summed E-state index contributed by atoms with van der Waals surface area (Å²) in [6, 6.07) is 0. The minimum Gasteiger partial charge on any atom is -0.391 e. The molecule has 136 valence electrons. The molecule has 4 fully saturated rings. The molecular formula is C20H30N4O. The largest absolute Gasteiger partial charge is 0.391 e. The number of nitrogens with zero attached hydrogens (tertiary/aromatic N) is 2. The summed E-state index contributed by atoms with van der Waals surface area (Å²) in [6.45, 7) is 4.76. The zero-order valence-electron chi connectivity index (χ0n) is 15.2. The van der Waals surface area contributed by atoms with Gasteiger partial charge in [-0.2, -0.15) is 0 Å². The lowest BCUT2D eigenvalue weighted by Crippen LogP contribution is -2.50. The lowest BCUT2D eigenvalue weighted by atomic mass is 9.49. The van der Waals surface area contributed by atoms with Gasteiger partial charge in [0.25, 0.3) is 0 Å². The molecule has 3 bridgehead atoms. The van der Waals surface area contributed by atoms with E-state index in [1.165, 1.54) is 44.1 Å². The number of hydrogen-bond acceptors (Lipinski definition) is 5. The van der Waals surface area contributed by atoms with Gasteiger partial charge in [0.15, 0.2) is 0 Å². The van der Waals surface area contributed by atoms with Crippen LogP contribution >= 0.6 is 0 Å². The average Bonchev–Trinajstić information content (AvgIpc) is 2.82. The van der Waals surface area contributed by atoms with Crippen molar-refractivity contribution in [3.63, 3.8) is 0 Å². The Kier molecular flexibility index (Phi) is 3.62. The highest BCUT2D eigenvalue weighted by Gasteiger charge is 2.66. The number of anilines is 1. The van der Waals surface area contributed by atoms with Gasteiger partial charge in [-0.25, -0.2) is 9.97 Å². The first kappa shape index (κ1) is 16.0. The Labute approximate surface area is 150 Å². The highest BCUT2D eigenvalue weighted by Crippen LogP contribution is 2.74. The standard InChI is InChI=1S/C20H30N4O/c1-2-14-8-20(7-13-5-19(14,6-13)11-20)17(25)10-22-18-15-3-4-21-9-16(15)23-12-24-18/h12-14,17,21,25H,2-11H2,1H3,(H,22,23,24). The summed E-state index contributed by atoms with van der Waals surface area (Å²) in [6.07, 6.45) is 10.2. The highest BCUT2D eigenvalue weighted by molar-refractivity contribution is 5.47. The van der Waals surface area contributed by atoms with Crippen LogP contribution in [0.5, 0.6) is 0 Å². The molecular weight excluding hydrogens is 312 g/mol. The van der Waals surface area contributed by atoms with E-state index >= 15 is 0 Å². The Morgan fingerprint density at radius 3 is 3.04 bits per heavy atom. The maximum absolute atomic E-state index is 11.1. The van der Waals surface area contributed by atoms with Gasteiger partial charge in [0.1, 0.15) is 12.1 Å². The Morgan fingerprint density at radius 1 is 1.32 bits per heavy atom. The van der Waals surface area contributed by atoms with Crippen LogP contribution in [0.25, 0.3) is 0 Å². The molecule has 25 heavy (non-hydrogen) atoms. The van der Waals surface area contributed by atoms with Crippen LogP contribution in [0.4, 0.5) is 5.82 Å². The van der Waals surface area contributed by atoms with Crippen molar-refractivity contribution < 1.29 is 5.11 Å². The van der Waals surface area contributed by atoms with E-state index < -0.39 is 0 Å². The molecule has 3 unspecified atom stereocenters. The Hall–Kier alpha value is -1.20. The van der Waals surface area contributed by atoms with E-state index in [9.17, 15) is 5.11 Å². The fraction of sp³-hybridized carbons (Fsp3) is 0.800. The zero-order chi connectivity index (χ0) is 17.1. The van der Waals surface area contributed by atoms with Gasteiger partial charge in [-0.15, -0.1) is 0 Å². The molecule has 0 amide bonds. The Balaban J connectivity index is 1.31. The van der Waals surface area contributed by atoms with Crippen LogP contribution in [0.1, 0.15) is 56.7 Å². The molecule has 4 saturated carbocycles. The number of aliphatic hydroxyl groups is 1. The van der Waals surface area contributed by atoms with E-state index in [1.807, 2.05) is 0 Å². The van der Waals surface area contributed by atoms with Crippen LogP contribution in [0.3, 0.4) is 0 Å². The van der Waals surface area contributed by atoms with Crippen LogP contribution < -0.4 is 10.6 Å².